The zero-order valence-corrected chi connectivity index (χ0v) is 15.3. The van der Waals surface area contributed by atoms with Gasteiger partial charge in [0, 0.05) is 25.7 Å². The maximum absolute atomic E-state index is 12.6. The first-order valence-corrected chi connectivity index (χ1v) is 10.6. The number of hydrogen-bond acceptors (Lipinski definition) is 4. The van der Waals surface area contributed by atoms with Crippen LogP contribution in [-0.2, 0) is 9.84 Å². The van der Waals surface area contributed by atoms with E-state index in [0.29, 0.717) is 18.9 Å². The minimum atomic E-state index is -2.96. The Bertz CT molecular complexity index is 487. The van der Waals surface area contributed by atoms with Crippen LogP contribution in [0.2, 0.25) is 0 Å². The molecule has 2 aliphatic rings. The molecule has 23 heavy (non-hydrogen) atoms. The van der Waals surface area contributed by atoms with Crippen molar-refractivity contribution in [2.75, 3.05) is 45.2 Å². The Kier molecular flexibility index (Phi) is 6.71. The van der Waals surface area contributed by atoms with Crippen molar-refractivity contribution in [2.24, 2.45) is 5.92 Å². The fraction of sp³-hybridized carbons (Fsp3) is 0.938. The van der Waals surface area contributed by atoms with Crippen molar-refractivity contribution in [3.8, 4) is 0 Å². The molecule has 1 aliphatic carbocycles. The van der Waals surface area contributed by atoms with E-state index in [1.807, 2.05) is 19.0 Å². The number of hydrogen-bond donors (Lipinski definition) is 1. The summed E-state index contributed by atoms with van der Waals surface area (Å²) in [6, 6.07) is -0.319. The summed E-state index contributed by atoms with van der Waals surface area (Å²) in [5, 5.41) is 2.94. The fourth-order valence-corrected chi connectivity index (χ4v) is 5.13. The van der Waals surface area contributed by atoms with Gasteiger partial charge in [-0.05, 0) is 39.3 Å². The van der Waals surface area contributed by atoms with Crippen molar-refractivity contribution in [1.82, 2.24) is 15.1 Å². The van der Waals surface area contributed by atoms with Gasteiger partial charge in [-0.3, -0.25) is 0 Å². The molecule has 0 unspecified atom stereocenters. The minimum Gasteiger partial charge on any atom is -0.334 e. The third kappa shape index (κ3) is 6.30. The van der Waals surface area contributed by atoms with E-state index < -0.39 is 9.84 Å². The third-order valence-corrected chi connectivity index (χ3v) is 6.64. The molecule has 6 nitrogen and oxygen atoms in total. The molecule has 2 amide bonds. The summed E-state index contributed by atoms with van der Waals surface area (Å²) in [5.41, 5.74) is 0. The van der Waals surface area contributed by atoms with Crippen LogP contribution in [0.25, 0.3) is 0 Å². The summed E-state index contributed by atoms with van der Waals surface area (Å²) in [6.07, 6.45) is 6.76. The molecule has 1 aliphatic heterocycles. The molecular weight excluding hydrogens is 314 g/mol. The molecule has 1 saturated carbocycles. The van der Waals surface area contributed by atoms with E-state index in [2.05, 4.69) is 10.2 Å². The lowest BCUT2D eigenvalue weighted by Gasteiger charge is -2.31. The average molecular weight is 346 g/mol. The molecule has 0 bridgehead atoms. The number of amides is 2. The van der Waals surface area contributed by atoms with E-state index in [-0.39, 0.29) is 23.6 Å². The fourth-order valence-electron chi connectivity index (χ4n) is 3.45. The number of nitrogens with one attached hydrogen (secondary N) is 1. The van der Waals surface area contributed by atoms with Gasteiger partial charge >= 0.3 is 6.03 Å². The molecule has 0 radical (unpaired) electrons. The van der Waals surface area contributed by atoms with Gasteiger partial charge in [0.2, 0.25) is 0 Å². The Morgan fingerprint density at radius 2 is 1.78 bits per heavy atom. The van der Waals surface area contributed by atoms with Crippen LogP contribution in [-0.4, -0.2) is 75.5 Å². The van der Waals surface area contributed by atoms with Gasteiger partial charge in [0.1, 0.15) is 0 Å². The highest BCUT2D eigenvalue weighted by atomic mass is 32.2. The molecule has 0 aromatic heterocycles. The SMILES string of the molecule is CN(C)CCN(CC1CCCCC1)C(=O)N[C@@H]1CCS(=O)(=O)C1. The standard InChI is InChI=1S/C16H31N3O3S/c1-18(2)9-10-19(12-14-6-4-3-5-7-14)16(20)17-15-8-11-23(21,22)13-15/h14-15H,3-13H2,1-2H3,(H,17,20)/t15-/m1/s1. The largest absolute Gasteiger partial charge is 0.334 e. The highest BCUT2D eigenvalue weighted by Gasteiger charge is 2.30. The number of rotatable bonds is 6. The zero-order chi connectivity index (χ0) is 16.9. The molecule has 2 rings (SSSR count). The number of carbonyl (C=O) groups excluding carboxylic acids is 1. The van der Waals surface area contributed by atoms with Crippen LogP contribution in [0.15, 0.2) is 0 Å². The monoisotopic (exact) mass is 345 g/mol. The van der Waals surface area contributed by atoms with Crippen molar-refractivity contribution in [2.45, 2.75) is 44.6 Å². The Morgan fingerprint density at radius 3 is 2.35 bits per heavy atom. The highest BCUT2D eigenvalue weighted by Crippen LogP contribution is 2.24. The number of likely N-dealkylation sites (N-methyl/N-ethyl adjacent to an activating group) is 1. The molecule has 1 atom stereocenters. The quantitative estimate of drug-likeness (QED) is 0.788. The van der Waals surface area contributed by atoms with Gasteiger partial charge in [-0.1, -0.05) is 19.3 Å². The lowest BCUT2D eigenvalue weighted by atomic mass is 9.89. The first-order chi connectivity index (χ1) is 10.9. The smallest absolute Gasteiger partial charge is 0.317 e. The minimum absolute atomic E-state index is 0.0870. The molecule has 134 valence electrons. The lowest BCUT2D eigenvalue weighted by molar-refractivity contribution is 0.169. The van der Waals surface area contributed by atoms with Crippen LogP contribution in [0.5, 0.6) is 0 Å². The van der Waals surface area contributed by atoms with Gasteiger partial charge < -0.3 is 15.1 Å². The van der Waals surface area contributed by atoms with Crippen molar-refractivity contribution in [3.63, 3.8) is 0 Å². The number of urea groups is 1. The van der Waals surface area contributed by atoms with Crippen molar-refractivity contribution in [3.05, 3.63) is 0 Å². The lowest BCUT2D eigenvalue weighted by Crippen LogP contribution is -2.49. The van der Waals surface area contributed by atoms with E-state index >= 15 is 0 Å². The molecule has 2 fully saturated rings. The Hall–Kier alpha value is -0.820. The molecular formula is C16H31N3O3S. The van der Waals surface area contributed by atoms with E-state index in [1.54, 1.807) is 0 Å². The Labute approximate surface area is 140 Å². The van der Waals surface area contributed by atoms with Crippen LogP contribution in [0.4, 0.5) is 4.79 Å². The predicted molar refractivity (Wildman–Crippen MR) is 92.3 cm³/mol. The van der Waals surface area contributed by atoms with Gasteiger partial charge in [0.05, 0.1) is 11.5 Å². The van der Waals surface area contributed by atoms with Crippen LogP contribution in [0, 0.1) is 5.92 Å². The van der Waals surface area contributed by atoms with Crippen molar-refractivity contribution >= 4 is 15.9 Å². The van der Waals surface area contributed by atoms with E-state index in [1.165, 1.54) is 32.1 Å². The van der Waals surface area contributed by atoms with Crippen LogP contribution in [0.3, 0.4) is 0 Å². The second-order valence-electron chi connectivity index (χ2n) is 7.30. The normalized spacial score (nSPS) is 24.7. The molecule has 1 N–H and O–H groups in total. The first-order valence-electron chi connectivity index (χ1n) is 8.76. The number of carbonyl (C=O) groups is 1. The Morgan fingerprint density at radius 1 is 1.09 bits per heavy atom. The van der Waals surface area contributed by atoms with Gasteiger partial charge in [-0.2, -0.15) is 0 Å². The van der Waals surface area contributed by atoms with Gasteiger partial charge in [0.15, 0.2) is 9.84 Å². The summed E-state index contributed by atoms with van der Waals surface area (Å²) in [6.45, 7) is 2.30. The van der Waals surface area contributed by atoms with Gasteiger partial charge in [-0.25, -0.2) is 13.2 Å². The molecule has 0 spiro atoms. The van der Waals surface area contributed by atoms with Crippen LogP contribution < -0.4 is 5.32 Å². The summed E-state index contributed by atoms with van der Waals surface area (Å²) in [5.74, 6) is 0.867. The van der Waals surface area contributed by atoms with Gasteiger partial charge in [-0.15, -0.1) is 0 Å². The predicted octanol–water partition coefficient (Wildman–Crippen LogP) is 1.33. The molecule has 7 heteroatoms. The van der Waals surface area contributed by atoms with Crippen LogP contribution >= 0.6 is 0 Å². The van der Waals surface area contributed by atoms with Crippen LogP contribution in [0.1, 0.15) is 38.5 Å². The number of sulfone groups is 1. The molecule has 0 aromatic carbocycles. The van der Waals surface area contributed by atoms with E-state index in [0.717, 1.165) is 13.1 Å². The van der Waals surface area contributed by atoms with E-state index in [9.17, 15) is 13.2 Å². The summed E-state index contributed by atoms with van der Waals surface area (Å²) < 4.78 is 23.1. The van der Waals surface area contributed by atoms with Crippen molar-refractivity contribution in [1.29, 1.82) is 0 Å². The summed E-state index contributed by atoms with van der Waals surface area (Å²) >= 11 is 0. The molecule has 1 heterocycles. The zero-order valence-electron chi connectivity index (χ0n) is 14.5. The van der Waals surface area contributed by atoms with Crippen molar-refractivity contribution < 1.29 is 13.2 Å². The van der Waals surface area contributed by atoms with E-state index in [4.69, 9.17) is 0 Å². The number of nitrogens with zero attached hydrogens (tertiary/aromatic N) is 2. The summed E-state index contributed by atoms with van der Waals surface area (Å²) in [4.78, 5) is 16.6. The molecule has 0 aromatic rings. The second kappa shape index (κ2) is 8.33. The first kappa shape index (κ1) is 18.5. The maximum atomic E-state index is 12.6. The Balaban J connectivity index is 1.90. The highest BCUT2D eigenvalue weighted by molar-refractivity contribution is 7.91. The summed E-state index contributed by atoms with van der Waals surface area (Å²) in [7, 11) is 1.04. The third-order valence-electron chi connectivity index (χ3n) is 4.87. The topological polar surface area (TPSA) is 69.7 Å². The molecule has 1 saturated heterocycles. The maximum Gasteiger partial charge on any atom is 0.317 e. The average Bonchev–Trinajstić information content (AvgIpc) is 2.83. The second-order valence-corrected chi connectivity index (χ2v) is 9.53. The van der Waals surface area contributed by atoms with Gasteiger partial charge in [0.25, 0.3) is 0 Å².